The van der Waals surface area contributed by atoms with Gasteiger partial charge in [0.1, 0.15) is 5.82 Å². The average Bonchev–Trinajstić information content (AvgIpc) is 3.59. The zero-order valence-electron chi connectivity index (χ0n) is 19.6. The fourth-order valence-electron chi connectivity index (χ4n) is 4.53. The summed E-state index contributed by atoms with van der Waals surface area (Å²) in [5, 5.41) is 3.04. The molecule has 0 radical (unpaired) electrons. The van der Waals surface area contributed by atoms with Gasteiger partial charge in [0.25, 0.3) is 0 Å². The number of likely N-dealkylation sites (tertiary alicyclic amines) is 1. The van der Waals surface area contributed by atoms with Crippen molar-refractivity contribution in [2.24, 2.45) is 0 Å². The lowest BCUT2D eigenvalue weighted by atomic mass is 9.93. The van der Waals surface area contributed by atoms with Crippen LogP contribution in [0.2, 0.25) is 0 Å². The predicted molar refractivity (Wildman–Crippen MR) is 125 cm³/mol. The number of carbonyl (C=O) groups excluding carboxylic acids is 2. The third-order valence-corrected chi connectivity index (χ3v) is 6.76. The Balaban J connectivity index is 1.44. The van der Waals surface area contributed by atoms with E-state index in [1.807, 2.05) is 37.8 Å². The number of carbonyl (C=O) groups is 2. The Morgan fingerprint density at radius 3 is 2.34 bits per heavy atom. The van der Waals surface area contributed by atoms with Crippen molar-refractivity contribution in [1.82, 2.24) is 20.2 Å². The lowest BCUT2D eigenvalue weighted by Crippen LogP contribution is -2.41. The first-order chi connectivity index (χ1) is 15.3. The van der Waals surface area contributed by atoms with Crippen LogP contribution in [0.4, 0.5) is 0 Å². The molecular weight excluding hydrogens is 400 g/mol. The molecule has 4 rings (SSSR count). The standard InChI is InChI=1S/C26H34N4O2/c1-16-7-9-20(10-8-16)17(2)26(32)30-13-5-6-21(15-30)25-27-18(3)23(19(4)28-25)14-24(31)29-22-11-12-22/h7-10,17,21-22H,5-6,11-15H2,1-4H3,(H,29,31). The number of piperidine rings is 1. The molecule has 0 spiro atoms. The van der Waals surface area contributed by atoms with Gasteiger partial charge >= 0.3 is 0 Å². The van der Waals surface area contributed by atoms with E-state index in [1.54, 1.807) is 0 Å². The predicted octanol–water partition coefficient (Wildman–Crippen LogP) is 3.73. The highest BCUT2D eigenvalue weighted by atomic mass is 16.2. The highest BCUT2D eigenvalue weighted by Gasteiger charge is 2.30. The molecule has 170 valence electrons. The molecule has 2 aromatic rings. The molecule has 2 atom stereocenters. The van der Waals surface area contributed by atoms with E-state index in [1.165, 1.54) is 5.56 Å². The highest BCUT2D eigenvalue weighted by molar-refractivity contribution is 5.83. The van der Waals surface area contributed by atoms with Crippen LogP contribution in [-0.2, 0) is 16.0 Å². The molecule has 32 heavy (non-hydrogen) atoms. The van der Waals surface area contributed by atoms with Crippen LogP contribution in [0.25, 0.3) is 0 Å². The molecule has 1 aromatic heterocycles. The second-order valence-electron chi connectivity index (χ2n) is 9.51. The molecule has 2 fully saturated rings. The van der Waals surface area contributed by atoms with E-state index >= 15 is 0 Å². The third-order valence-electron chi connectivity index (χ3n) is 6.76. The zero-order valence-corrected chi connectivity index (χ0v) is 19.6. The fraction of sp³-hybridized carbons (Fsp3) is 0.538. The van der Waals surface area contributed by atoms with Crippen molar-refractivity contribution in [1.29, 1.82) is 0 Å². The molecule has 1 aliphatic carbocycles. The van der Waals surface area contributed by atoms with Gasteiger partial charge in [-0.2, -0.15) is 0 Å². The number of hydrogen-bond donors (Lipinski definition) is 1. The highest BCUT2D eigenvalue weighted by Crippen LogP contribution is 2.29. The van der Waals surface area contributed by atoms with E-state index < -0.39 is 0 Å². The van der Waals surface area contributed by atoms with Gasteiger partial charge in [-0.25, -0.2) is 9.97 Å². The van der Waals surface area contributed by atoms with Gasteiger partial charge in [0.2, 0.25) is 11.8 Å². The van der Waals surface area contributed by atoms with E-state index in [9.17, 15) is 9.59 Å². The molecule has 2 heterocycles. The maximum Gasteiger partial charge on any atom is 0.229 e. The molecule has 1 saturated heterocycles. The quantitative estimate of drug-likeness (QED) is 0.752. The van der Waals surface area contributed by atoms with Crippen molar-refractivity contribution in [2.45, 2.75) is 77.7 Å². The van der Waals surface area contributed by atoms with Crippen molar-refractivity contribution in [2.75, 3.05) is 13.1 Å². The molecule has 1 aromatic carbocycles. The van der Waals surface area contributed by atoms with Crippen LogP contribution in [-0.4, -0.2) is 45.8 Å². The van der Waals surface area contributed by atoms with E-state index in [0.717, 1.165) is 60.6 Å². The van der Waals surface area contributed by atoms with Crippen molar-refractivity contribution < 1.29 is 9.59 Å². The van der Waals surface area contributed by atoms with Crippen LogP contribution >= 0.6 is 0 Å². The molecule has 1 N–H and O–H groups in total. The Hall–Kier alpha value is -2.76. The van der Waals surface area contributed by atoms with E-state index in [0.29, 0.717) is 19.0 Å². The third kappa shape index (κ3) is 5.17. The van der Waals surface area contributed by atoms with Crippen LogP contribution < -0.4 is 5.32 Å². The summed E-state index contributed by atoms with van der Waals surface area (Å²) in [6, 6.07) is 8.57. The number of rotatable bonds is 6. The molecule has 6 nitrogen and oxygen atoms in total. The number of amides is 2. The van der Waals surface area contributed by atoms with Gasteiger partial charge in [0.15, 0.2) is 0 Å². The summed E-state index contributed by atoms with van der Waals surface area (Å²) in [5.74, 6) is 0.984. The van der Waals surface area contributed by atoms with E-state index in [-0.39, 0.29) is 23.7 Å². The first kappa shape index (κ1) is 22.4. The number of nitrogens with one attached hydrogen (secondary N) is 1. The Labute approximate surface area is 190 Å². The van der Waals surface area contributed by atoms with Crippen LogP contribution in [0, 0.1) is 20.8 Å². The van der Waals surface area contributed by atoms with Gasteiger partial charge in [0.05, 0.1) is 12.3 Å². The largest absolute Gasteiger partial charge is 0.353 e. The zero-order chi connectivity index (χ0) is 22.8. The van der Waals surface area contributed by atoms with Crippen molar-refractivity contribution in [3.8, 4) is 0 Å². The molecular formula is C26H34N4O2. The minimum Gasteiger partial charge on any atom is -0.353 e. The second-order valence-corrected chi connectivity index (χ2v) is 9.51. The Kier molecular flexibility index (Phi) is 6.58. The lowest BCUT2D eigenvalue weighted by Gasteiger charge is -2.34. The van der Waals surface area contributed by atoms with Gasteiger partial charge in [0, 0.05) is 42.0 Å². The smallest absolute Gasteiger partial charge is 0.229 e. The summed E-state index contributed by atoms with van der Waals surface area (Å²) in [6.45, 7) is 9.40. The summed E-state index contributed by atoms with van der Waals surface area (Å²) in [6.07, 6.45) is 4.42. The number of nitrogens with zero attached hydrogens (tertiary/aromatic N) is 3. The topological polar surface area (TPSA) is 75.2 Å². The number of aryl methyl sites for hydroxylation is 3. The maximum atomic E-state index is 13.2. The summed E-state index contributed by atoms with van der Waals surface area (Å²) in [7, 11) is 0. The molecule has 1 aliphatic heterocycles. The van der Waals surface area contributed by atoms with Crippen molar-refractivity contribution >= 4 is 11.8 Å². The summed E-state index contributed by atoms with van der Waals surface area (Å²) in [5.41, 5.74) is 4.91. The lowest BCUT2D eigenvalue weighted by molar-refractivity contribution is -0.133. The van der Waals surface area contributed by atoms with Crippen LogP contribution in [0.3, 0.4) is 0 Å². The Morgan fingerprint density at radius 1 is 1.06 bits per heavy atom. The van der Waals surface area contributed by atoms with Gasteiger partial charge in [-0.15, -0.1) is 0 Å². The minimum absolute atomic E-state index is 0.0505. The Morgan fingerprint density at radius 2 is 1.72 bits per heavy atom. The van der Waals surface area contributed by atoms with Crippen molar-refractivity contribution in [3.63, 3.8) is 0 Å². The maximum absolute atomic E-state index is 13.2. The van der Waals surface area contributed by atoms with Gasteiger partial charge < -0.3 is 10.2 Å². The SMILES string of the molecule is Cc1ccc(C(C)C(=O)N2CCCC(c3nc(C)c(CC(=O)NC4CC4)c(C)n3)C2)cc1. The first-order valence-corrected chi connectivity index (χ1v) is 11.8. The molecule has 2 aliphatic rings. The van der Waals surface area contributed by atoms with Gasteiger partial charge in [-0.05, 0) is 58.9 Å². The van der Waals surface area contributed by atoms with E-state index in [2.05, 4.69) is 24.4 Å². The number of benzene rings is 1. The van der Waals surface area contributed by atoms with Gasteiger partial charge in [-0.1, -0.05) is 29.8 Å². The number of aromatic nitrogens is 2. The number of hydrogen-bond acceptors (Lipinski definition) is 4. The molecule has 2 unspecified atom stereocenters. The van der Waals surface area contributed by atoms with Crippen LogP contribution in [0.5, 0.6) is 0 Å². The van der Waals surface area contributed by atoms with Crippen molar-refractivity contribution in [3.05, 3.63) is 58.2 Å². The van der Waals surface area contributed by atoms with Crippen LogP contribution in [0.15, 0.2) is 24.3 Å². The average molecular weight is 435 g/mol. The molecule has 0 bridgehead atoms. The van der Waals surface area contributed by atoms with E-state index in [4.69, 9.17) is 9.97 Å². The first-order valence-electron chi connectivity index (χ1n) is 11.8. The summed E-state index contributed by atoms with van der Waals surface area (Å²) in [4.78, 5) is 37.0. The monoisotopic (exact) mass is 434 g/mol. The van der Waals surface area contributed by atoms with Crippen LogP contribution in [0.1, 0.15) is 78.3 Å². The molecule has 2 amide bonds. The molecule has 6 heteroatoms. The summed E-state index contributed by atoms with van der Waals surface area (Å²) < 4.78 is 0. The minimum atomic E-state index is -0.161. The molecule has 1 saturated carbocycles. The van der Waals surface area contributed by atoms with Gasteiger partial charge in [-0.3, -0.25) is 9.59 Å². The summed E-state index contributed by atoms with van der Waals surface area (Å²) >= 11 is 0. The fourth-order valence-corrected chi connectivity index (χ4v) is 4.53. The second kappa shape index (κ2) is 9.39. The normalized spacial score (nSPS) is 19.5. The Bertz CT molecular complexity index is 974.